The number of hydrogen-bond donors (Lipinski definition) is 2. The van der Waals surface area contributed by atoms with E-state index in [4.69, 9.17) is 5.73 Å². The van der Waals surface area contributed by atoms with Crippen molar-refractivity contribution in [1.82, 2.24) is 5.32 Å². The summed E-state index contributed by atoms with van der Waals surface area (Å²) in [7, 11) is 0. The van der Waals surface area contributed by atoms with Crippen LogP contribution in [0.4, 0.5) is 5.69 Å². The van der Waals surface area contributed by atoms with Crippen LogP contribution in [0.2, 0.25) is 0 Å². The van der Waals surface area contributed by atoms with Gasteiger partial charge >= 0.3 is 0 Å². The van der Waals surface area contributed by atoms with Gasteiger partial charge in [0.2, 0.25) is 5.91 Å². The summed E-state index contributed by atoms with van der Waals surface area (Å²) < 4.78 is 0. The summed E-state index contributed by atoms with van der Waals surface area (Å²) in [4.78, 5) is 13.4. The number of nitrogens with one attached hydrogen (secondary N) is 1. The molecule has 5 heteroatoms. The Labute approximate surface area is 148 Å². The van der Waals surface area contributed by atoms with Crippen LogP contribution in [0.15, 0.2) is 59.5 Å². The summed E-state index contributed by atoms with van der Waals surface area (Å²) in [5, 5.41) is 2.98. The third-order valence-corrected chi connectivity index (χ3v) is 4.75. The van der Waals surface area contributed by atoms with Crippen molar-refractivity contribution in [2.24, 2.45) is 0 Å². The van der Waals surface area contributed by atoms with Crippen molar-refractivity contribution in [2.45, 2.75) is 29.9 Å². The van der Waals surface area contributed by atoms with Crippen LogP contribution in [-0.4, -0.2) is 17.7 Å². The third kappa shape index (κ3) is 6.55. The van der Waals surface area contributed by atoms with E-state index < -0.39 is 0 Å². The van der Waals surface area contributed by atoms with E-state index in [9.17, 15) is 4.79 Å². The van der Waals surface area contributed by atoms with Crippen LogP contribution >= 0.6 is 24.2 Å². The van der Waals surface area contributed by atoms with Crippen LogP contribution in [-0.2, 0) is 11.2 Å². The van der Waals surface area contributed by atoms with Crippen molar-refractivity contribution < 1.29 is 4.79 Å². The van der Waals surface area contributed by atoms with Gasteiger partial charge in [-0.05, 0) is 42.7 Å². The summed E-state index contributed by atoms with van der Waals surface area (Å²) in [5.41, 5.74) is 7.60. The zero-order chi connectivity index (χ0) is 15.8. The fourth-order valence-electron chi connectivity index (χ4n) is 2.11. The third-order valence-electron chi connectivity index (χ3n) is 3.38. The lowest BCUT2D eigenvalue weighted by molar-refractivity contribution is -0.120. The van der Waals surface area contributed by atoms with Gasteiger partial charge in [-0.25, -0.2) is 0 Å². The number of amides is 1. The van der Waals surface area contributed by atoms with Gasteiger partial charge in [0, 0.05) is 17.1 Å². The molecule has 0 heterocycles. The molecule has 0 bridgehead atoms. The minimum Gasteiger partial charge on any atom is -0.399 e. The molecule has 0 aliphatic heterocycles. The van der Waals surface area contributed by atoms with Crippen molar-refractivity contribution in [2.75, 3.05) is 12.3 Å². The van der Waals surface area contributed by atoms with Gasteiger partial charge in [-0.1, -0.05) is 37.3 Å². The van der Waals surface area contributed by atoms with Gasteiger partial charge in [0.05, 0.1) is 5.25 Å². The first-order valence-electron chi connectivity index (χ1n) is 7.53. The van der Waals surface area contributed by atoms with Gasteiger partial charge in [0.25, 0.3) is 0 Å². The molecular weight excluding hydrogens is 328 g/mol. The maximum Gasteiger partial charge on any atom is 0.233 e. The van der Waals surface area contributed by atoms with E-state index in [1.54, 1.807) is 11.8 Å². The second kappa shape index (κ2) is 10.2. The van der Waals surface area contributed by atoms with Gasteiger partial charge in [-0.3, -0.25) is 4.79 Å². The molecule has 1 atom stereocenters. The quantitative estimate of drug-likeness (QED) is 0.587. The molecule has 0 saturated carbocycles. The maximum absolute atomic E-state index is 12.3. The Bertz CT molecular complexity index is 590. The molecule has 3 nitrogen and oxygen atoms in total. The second-order valence-electron chi connectivity index (χ2n) is 5.11. The maximum atomic E-state index is 12.3. The summed E-state index contributed by atoms with van der Waals surface area (Å²) >= 11 is 1.62. The number of thioether (sulfide) groups is 1. The van der Waals surface area contributed by atoms with E-state index in [-0.39, 0.29) is 23.6 Å². The van der Waals surface area contributed by atoms with Crippen LogP contribution in [0.25, 0.3) is 0 Å². The summed E-state index contributed by atoms with van der Waals surface area (Å²) in [6.07, 6.45) is 1.63. The number of anilines is 1. The molecule has 1 unspecified atom stereocenters. The highest BCUT2D eigenvalue weighted by molar-refractivity contribution is 8.00. The zero-order valence-corrected chi connectivity index (χ0v) is 14.8. The summed E-state index contributed by atoms with van der Waals surface area (Å²) in [6, 6.07) is 17.8. The Morgan fingerprint density at radius 3 is 2.39 bits per heavy atom. The number of nitrogen functional groups attached to an aromatic ring is 1. The predicted molar refractivity (Wildman–Crippen MR) is 101 cm³/mol. The fourth-order valence-corrected chi connectivity index (χ4v) is 3.11. The highest BCUT2D eigenvalue weighted by atomic mass is 35.5. The molecule has 0 radical (unpaired) electrons. The Kier molecular flexibility index (Phi) is 8.59. The van der Waals surface area contributed by atoms with E-state index in [1.165, 1.54) is 5.56 Å². The molecule has 2 aromatic rings. The Morgan fingerprint density at radius 1 is 1.13 bits per heavy atom. The smallest absolute Gasteiger partial charge is 0.233 e. The van der Waals surface area contributed by atoms with Crippen molar-refractivity contribution in [3.05, 3.63) is 60.2 Å². The van der Waals surface area contributed by atoms with Crippen LogP contribution in [0, 0.1) is 0 Å². The Hall–Kier alpha value is -1.65. The lowest BCUT2D eigenvalue weighted by Gasteiger charge is -2.14. The topological polar surface area (TPSA) is 55.1 Å². The minimum atomic E-state index is -0.0474. The van der Waals surface area contributed by atoms with Crippen LogP contribution in [0.5, 0.6) is 0 Å². The molecule has 0 aliphatic carbocycles. The van der Waals surface area contributed by atoms with E-state index in [0.29, 0.717) is 6.54 Å². The van der Waals surface area contributed by atoms with Gasteiger partial charge in [0.1, 0.15) is 0 Å². The highest BCUT2D eigenvalue weighted by Gasteiger charge is 2.17. The average molecular weight is 351 g/mol. The molecule has 2 rings (SSSR count). The molecule has 3 N–H and O–H groups in total. The Morgan fingerprint density at radius 2 is 1.78 bits per heavy atom. The van der Waals surface area contributed by atoms with Crippen molar-refractivity contribution in [3.8, 4) is 0 Å². The van der Waals surface area contributed by atoms with E-state index in [1.807, 2.05) is 61.5 Å². The fraction of sp³-hybridized carbons (Fsp3) is 0.278. The number of carbonyl (C=O) groups excluding carboxylic acids is 1. The van der Waals surface area contributed by atoms with Gasteiger partial charge in [-0.15, -0.1) is 24.2 Å². The number of benzene rings is 2. The zero-order valence-electron chi connectivity index (χ0n) is 13.2. The lowest BCUT2D eigenvalue weighted by Crippen LogP contribution is -2.33. The van der Waals surface area contributed by atoms with Gasteiger partial charge < -0.3 is 11.1 Å². The highest BCUT2D eigenvalue weighted by Crippen LogP contribution is 2.25. The number of hydrogen-bond acceptors (Lipinski definition) is 3. The van der Waals surface area contributed by atoms with Gasteiger partial charge in [-0.2, -0.15) is 0 Å². The first-order chi connectivity index (χ1) is 10.7. The molecule has 0 fully saturated rings. The Balaban J connectivity index is 0.00000264. The van der Waals surface area contributed by atoms with E-state index >= 15 is 0 Å². The number of rotatable bonds is 7. The molecule has 1 amide bonds. The predicted octanol–water partition coefficient (Wildman–Crippen LogP) is 3.92. The van der Waals surface area contributed by atoms with E-state index in [2.05, 4.69) is 5.32 Å². The second-order valence-corrected chi connectivity index (χ2v) is 6.39. The molecular formula is C18H23ClN2OS. The monoisotopic (exact) mass is 350 g/mol. The van der Waals surface area contributed by atoms with Crippen molar-refractivity contribution >= 4 is 35.8 Å². The average Bonchev–Trinajstić information content (AvgIpc) is 2.55. The van der Waals surface area contributed by atoms with Crippen molar-refractivity contribution in [1.29, 1.82) is 0 Å². The lowest BCUT2D eigenvalue weighted by atomic mass is 10.1. The standard InChI is InChI=1S/C18H22N2OS.ClH/c1-2-17(22-16-6-4-3-5-7-16)18(21)20-13-12-14-8-10-15(19)11-9-14;/h3-11,17H,2,12-13,19H2,1H3,(H,20,21);1H. The van der Waals surface area contributed by atoms with Gasteiger partial charge in [0.15, 0.2) is 0 Å². The first kappa shape index (κ1) is 19.4. The number of halogens is 1. The number of carbonyl (C=O) groups is 1. The summed E-state index contributed by atoms with van der Waals surface area (Å²) in [6.45, 7) is 2.69. The SMILES string of the molecule is CCC(Sc1ccccc1)C(=O)NCCc1ccc(N)cc1.Cl. The minimum absolute atomic E-state index is 0. The molecule has 2 aromatic carbocycles. The number of nitrogens with two attached hydrogens (primary N) is 1. The summed E-state index contributed by atoms with van der Waals surface area (Å²) in [5.74, 6) is 0.104. The molecule has 0 aromatic heterocycles. The molecule has 0 aliphatic rings. The largest absolute Gasteiger partial charge is 0.399 e. The molecule has 0 spiro atoms. The molecule has 0 saturated heterocycles. The first-order valence-corrected chi connectivity index (χ1v) is 8.41. The van der Waals surface area contributed by atoms with Crippen LogP contribution < -0.4 is 11.1 Å². The van der Waals surface area contributed by atoms with E-state index in [0.717, 1.165) is 23.4 Å². The van der Waals surface area contributed by atoms with Crippen molar-refractivity contribution in [3.63, 3.8) is 0 Å². The normalized spacial score (nSPS) is 11.3. The van der Waals surface area contributed by atoms with Crippen LogP contribution in [0.1, 0.15) is 18.9 Å². The molecule has 124 valence electrons. The molecule has 23 heavy (non-hydrogen) atoms. The van der Waals surface area contributed by atoms with Crippen LogP contribution in [0.3, 0.4) is 0 Å².